The molecule has 0 saturated heterocycles. The van der Waals surface area contributed by atoms with Crippen LogP contribution in [0.5, 0.6) is 0 Å². The van der Waals surface area contributed by atoms with Crippen molar-refractivity contribution >= 4 is 32.9 Å². The van der Waals surface area contributed by atoms with Gasteiger partial charge < -0.3 is 5.73 Å². The molecule has 0 bridgehead atoms. The van der Waals surface area contributed by atoms with Crippen molar-refractivity contribution in [3.05, 3.63) is 29.8 Å². The number of alkyl halides is 1. The van der Waals surface area contributed by atoms with Crippen LogP contribution in [-0.2, 0) is 9.84 Å². The number of benzene rings is 1. The molecule has 6 heteroatoms. The smallest absolute Gasteiger partial charge is 0.197 e. The van der Waals surface area contributed by atoms with Crippen LogP contribution in [0.2, 0.25) is 0 Å². The average Bonchev–Trinajstić information content (AvgIpc) is 2.15. The molecule has 0 fully saturated rings. The lowest BCUT2D eigenvalue weighted by Crippen LogP contribution is -2.23. The van der Waals surface area contributed by atoms with Crippen LogP contribution >= 0.6 is 11.6 Å². The van der Waals surface area contributed by atoms with E-state index < -0.39 is 20.3 Å². The molecule has 0 spiro atoms. The van der Waals surface area contributed by atoms with E-state index in [9.17, 15) is 13.2 Å². The third kappa shape index (κ3) is 2.94. The standard InChI is InChI=1S/C9H10ClNO3S/c1-15(13,14)9(10)8(12)6-2-4-7(11)5-3-6/h2-5,9H,11H2,1H3/t9-/m0/s1. The molecule has 1 aromatic carbocycles. The fourth-order valence-corrected chi connectivity index (χ4v) is 1.62. The van der Waals surface area contributed by atoms with E-state index >= 15 is 0 Å². The predicted octanol–water partition coefficient (Wildman–Crippen LogP) is 1.06. The largest absolute Gasteiger partial charge is 0.399 e. The lowest BCUT2D eigenvalue weighted by Gasteiger charge is -2.06. The highest BCUT2D eigenvalue weighted by Crippen LogP contribution is 2.14. The molecule has 0 radical (unpaired) electrons. The normalized spacial score (nSPS) is 13.5. The molecule has 0 unspecified atom stereocenters. The van der Waals surface area contributed by atoms with E-state index in [1.54, 1.807) is 0 Å². The van der Waals surface area contributed by atoms with Crippen molar-refractivity contribution in [2.24, 2.45) is 0 Å². The average molecular weight is 248 g/mol. The Morgan fingerprint density at radius 3 is 2.20 bits per heavy atom. The van der Waals surface area contributed by atoms with Crippen molar-refractivity contribution in [2.75, 3.05) is 12.0 Å². The highest BCUT2D eigenvalue weighted by Gasteiger charge is 2.26. The summed E-state index contributed by atoms with van der Waals surface area (Å²) in [7, 11) is -3.58. The summed E-state index contributed by atoms with van der Waals surface area (Å²) in [4.78, 5) is 11.6. The van der Waals surface area contributed by atoms with Gasteiger partial charge in [0.2, 0.25) is 0 Å². The molecule has 0 amide bonds. The van der Waals surface area contributed by atoms with Crippen molar-refractivity contribution in [2.45, 2.75) is 4.71 Å². The topological polar surface area (TPSA) is 77.2 Å². The van der Waals surface area contributed by atoms with Gasteiger partial charge in [0.25, 0.3) is 0 Å². The third-order valence-electron chi connectivity index (χ3n) is 1.78. The number of halogens is 1. The summed E-state index contributed by atoms with van der Waals surface area (Å²) in [6.45, 7) is 0. The fourth-order valence-electron chi connectivity index (χ4n) is 0.973. The van der Waals surface area contributed by atoms with E-state index in [4.69, 9.17) is 17.3 Å². The summed E-state index contributed by atoms with van der Waals surface area (Å²) < 4.78 is 20.5. The van der Waals surface area contributed by atoms with Gasteiger partial charge in [-0.15, -0.1) is 0 Å². The molecule has 0 heterocycles. The molecule has 82 valence electrons. The number of nitrogen functional groups attached to an aromatic ring is 1. The van der Waals surface area contributed by atoms with Crippen LogP contribution in [0, 0.1) is 0 Å². The number of nitrogens with two attached hydrogens (primary N) is 1. The second kappa shape index (κ2) is 4.20. The Bertz CT molecular complexity index is 467. The van der Waals surface area contributed by atoms with Crippen molar-refractivity contribution in [1.29, 1.82) is 0 Å². The zero-order valence-electron chi connectivity index (χ0n) is 7.98. The SMILES string of the molecule is CS(=O)(=O)[C@H](Cl)C(=O)c1ccc(N)cc1. The first-order valence-corrected chi connectivity index (χ1v) is 6.44. The highest BCUT2D eigenvalue weighted by molar-refractivity contribution is 7.93. The van der Waals surface area contributed by atoms with Crippen LogP contribution in [0.15, 0.2) is 24.3 Å². The van der Waals surface area contributed by atoms with Crippen molar-refractivity contribution in [3.8, 4) is 0 Å². The van der Waals surface area contributed by atoms with Gasteiger partial charge in [0.05, 0.1) is 0 Å². The van der Waals surface area contributed by atoms with Gasteiger partial charge in [0.1, 0.15) is 0 Å². The van der Waals surface area contributed by atoms with Crippen LogP contribution < -0.4 is 5.73 Å². The molecule has 4 nitrogen and oxygen atoms in total. The Hall–Kier alpha value is -1.07. The number of carbonyl (C=O) groups is 1. The summed E-state index contributed by atoms with van der Waals surface area (Å²) in [6, 6.07) is 5.91. The Morgan fingerprint density at radius 2 is 1.80 bits per heavy atom. The van der Waals surface area contributed by atoms with E-state index in [-0.39, 0.29) is 5.56 Å². The third-order valence-corrected chi connectivity index (χ3v) is 3.91. The van der Waals surface area contributed by atoms with Gasteiger partial charge in [-0.3, -0.25) is 4.79 Å². The predicted molar refractivity (Wildman–Crippen MR) is 59.7 cm³/mol. The minimum absolute atomic E-state index is 0.231. The lowest BCUT2D eigenvalue weighted by molar-refractivity contribution is 0.101. The molecule has 0 aliphatic rings. The van der Waals surface area contributed by atoms with Gasteiger partial charge >= 0.3 is 0 Å². The first-order chi connectivity index (χ1) is 6.82. The zero-order valence-corrected chi connectivity index (χ0v) is 9.55. The van der Waals surface area contributed by atoms with E-state index in [0.29, 0.717) is 5.69 Å². The van der Waals surface area contributed by atoms with Crippen molar-refractivity contribution in [3.63, 3.8) is 0 Å². The molecular weight excluding hydrogens is 238 g/mol. The maximum Gasteiger partial charge on any atom is 0.197 e. The number of Topliss-reactive ketones (excluding diaryl/α,β-unsaturated/α-hetero) is 1. The van der Waals surface area contributed by atoms with Crippen molar-refractivity contribution in [1.82, 2.24) is 0 Å². The molecule has 0 aliphatic heterocycles. The Labute approximate surface area is 93.0 Å². The Balaban J connectivity index is 3.01. The van der Waals surface area contributed by atoms with Crippen LogP contribution in [0.25, 0.3) is 0 Å². The fraction of sp³-hybridized carbons (Fsp3) is 0.222. The van der Waals surface area contributed by atoms with Gasteiger partial charge in [-0.25, -0.2) is 8.42 Å². The number of anilines is 1. The minimum Gasteiger partial charge on any atom is -0.399 e. The number of hydrogen-bond donors (Lipinski definition) is 1. The van der Waals surface area contributed by atoms with Gasteiger partial charge in [0, 0.05) is 17.5 Å². The summed E-state index contributed by atoms with van der Waals surface area (Å²) in [5.41, 5.74) is 6.15. The van der Waals surface area contributed by atoms with E-state index in [0.717, 1.165) is 6.26 Å². The molecule has 1 aromatic rings. The number of hydrogen-bond acceptors (Lipinski definition) is 4. The molecule has 0 aromatic heterocycles. The monoisotopic (exact) mass is 247 g/mol. The van der Waals surface area contributed by atoms with E-state index in [1.165, 1.54) is 24.3 Å². The summed E-state index contributed by atoms with van der Waals surface area (Å²) in [6.07, 6.45) is 0.917. The minimum atomic E-state index is -3.58. The van der Waals surface area contributed by atoms with Crippen LogP contribution in [0.3, 0.4) is 0 Å². The summed E-state index contributed by atoms with van der Waals surface area (Å²) >= 11 is 5.51. The van der Waals surface area contributed by atoms with Crippen LogP contribution in [-0.4, -0.2) is 25.2 Å². The molecular formula is C9H10ClNO3S. The first kappa shape index (κ1) is 12.0. The number of sulfone groups is 1. The lowest BCUT2D eigenvalue weighted by atomic mass is 10.1. The molecule has 1 rings (SSSR count). The summed E-state index contributed by atoms with van der Waals surface area (Å²) in [5.74, 6) is -0.640. The zero-order chi connectivity index (χ0) is 11.6. The molecule has 15 heavy (non-hydrogen) atoms. The van der Waals surface area contributed by atoms with Gasteiger partial charge in [0.15, 0.2) is 20.3 Å². The van der Waals surface area contributed by atoms with Gasteiger partial charge in [-0.1, -0.05) is 11.6 Å². The van der Waals surface area contributed by atoms with Gasteiger partial charge in [-0.05, 0) is 24.3 Å². The molecule has 0 saturated carbocycles. The Kier molecular flexibility index (Phi) is 3.36. The number of rotatable bonds is 3. The quantitative estimate of drug-likeness (QED) is 0.492. The maximum atomic E-state index is 11.6. The van der Waals surface area contributed by atoms with Crippen molar-refractivity contribution < 1.29 is 13.2 Å². The second-order valence-electron chi connectivity index (χ2n) is 3.13. The highest BCUT2D eigenvalue weighted by atomic mass is 35.5. The molecule has 1 atom stereocenters. The Morgan fingerprint density at radius 1 is 1.33 bits per heavy atom. The van der Waals surface area contributed by atoms with Gasteiger partial charge in [-0.2, -0.15) is 0 Å². The van der Waals surface area contributed by atoms with E-state index in [1.807, 2.05) is 0 Å². The molecule has 2 N–H and O–H groups in total. The van der Waals surface area contributed by atoms with Crippen LogP contribution in [0.4, 0.5) is 5.69 Å². The molecule has 0 aliphatic carbocycles. The number of carbonyl (C=O) groups excluding carboxylic acids is 1. The first-order valence-electron chi connectivity index (χ1n) is 4.05. The number of ketones is 1. The van der Waals surface area contributed by atoms with E-state index in [2.05, 4.69) is 0 Å². The maximum absolute atomic E-state index is 11.6. The van der Waals surface area contributed by atoms with Crippen LogP contribution in [0.1, 0.15) is 10.4 Å². The summed E-state index contributed by atoms with van der Waals surface area (Å²) in [5, 5.41) is 0. The second-order valence-corrected chi connectivity index (χ2v) is 5.96.